The van der Waals surface area contributed by atoms with Gasteiger partial charge in [0, 0.05) is 4.75 Å². The van der Waals surface area contributed by atoms with E-state index in [2.05, 4.69) is 26.8 Å². The molecule has 14 heavy (non-hydrogen) atoms. The van der Waals surface area contributed by atoms with E-state index in [9.17, 15) is 0 Å². The van der Waals surface area contributed by atoms with E-state index in [1.807, 2.05) is 0 Å². The largest absolute Gasteiger partial charge is 0.198 e. The van der Waals surface area contributed by atoms with Crippen LogP contribution in [-0.4, -0.2) is 4.75 Å². The minimum Gasteiger partial charge on any atom is -0.198 e. The maximum Gasteiger partial charge on any atom is 0.0636 e. The van der Waals surface area contributed by atoms with Gasteiger partial charge in [0.2, 0.25) is 0 Å². The van der Waals surface area contributed by atoms with E-state index in [1.54, 1.807) is 0 Å². The van der Waals surface area contributed by atoms with Crippen molar-refractivity contribution in [2.75, 3.05) is 0 Å². The second-order valence-electron chi connectivity index (χ2n) is 5.92. The maximum absolute atomic E-state index is 8.97. The molecule has 3 atom stereocenters. The van der Waals surface area contributed by atoms with Crippen molar-refractivity contribution in [2.45, 2.75) is 51.2 Å². The smallest absolute Gasteiger partial charge is 0.0636 e. The lowest BCUT2D eigenvalue weighted by molar-refractivity contribution is 0.113. The Morgan fingerprint density at radius 3 is 2.50 bits per heavy atom. The van der Waals surface area contributed by atoms with Crippen LogP contribution in [0.15, 0.2) is 0 Å². The van der Waals surface area contributed by atoms with Crippen LogP contribution in [0.4, 0.5) is 0 Å². The molecule has 78 valence electrons. The fourth-order valence-corrected chi connectivity index (χ4v) is 4.36. The normalized spacial score (nSPS) is 49.2. The van der Waals surface area contributed by atoms with Gasteiger partial charge in [-0.2, -0.15) is 17.9 Å². The lowest BCUT2D eigenvalue weighted by Crippen LogP contribution is -2.49. The van der Waals surface area contributed by atoms with Crippen molar-refractivity contribution in [3.05, 3.63) is 0 Å². The van der Waals surface area contributed by atoms with Crippen LogP contribution in [0, 0.1) is 28.1 Å². The standard InChI is InChI=1S/C12H19NS/c1-10(2)9-4-5-11(3,8-9)12(10,14)6-7-13/h9,14H,4-6,8H2,1-3H3. The number of nitrogens with zero attached hydrogens (tertiary/aromatic N) is 1. The molecular weight excluding hydrogens is 190 g/mol. The number of thiol groups is 1. The summed E-state index contributed by atoms with van der Waals surface area (Å²) in [6.45, 7) is 6.92. The van der Waals surface area contributed by atoms with Crippen LogP contribution in [-0.2, 0) is 0 Å². The van der Waals surface area contributed by atoms with E-state index in [-0.39, 0.29) is 10.2 Å². The van der Waals surface area contributed by atoms with Gasteiger partial charge in [-0.25, -0.2) is 0 Å². The van der Waals surface area contributed by atoms with Crippen LogP contribution in [0.3, 0.4) is 0 Å². The number of hydrogen-bond donors (Lipinski definition) is 1. The number of fused-ring (bicyclic) bond motifs is 2. The zero-order valence-electron chi connectivity index (χ0n) is 9.30. The zero-order valence-corrected chi connectivity index (χ0v) is 10.2. The van der Waals surface area contributed by atoms with Gasteiger partial charge in [-0.05, 0) is 36.0 Å². The summed E-state index contributed by atoms with van der Waals surface area (Å²) in [4.78, 5) is 0. The monoisotopic (exact) mass is 209 g/mol. The Balaban J connectivity index is 2.44. The van der Waals surface area contributed by atoms with E-state index in [0.717, 1.165) is 5.92 Å². The lowest BCUT2D eigenvalue weighted by atomic mass is 9.62. The average molecular weight is 209 g/mol. The molecule has 2 rings (SSSR count). The van der Waals surface area contributed by atoms with E-state index in [0.29, 0.717) is 11.8 Å². The van der Waals surface area contributed by atoms with Crippen molar-refractivity contribution in [3.63, 3.8) is 0 Å². The van der Waals surface area contributed by atoms with Crippen molar-refractivity contribution in [1.82, 2.24) is 0 Å². The molecule has 0 aromatic heterocycles. The van der Waals surface area contributed by atoms with E-state index in [1.165, 1.54) is 19.3 Å². The third kappa shape index (κ3) is 0.922. The van der Waals surface area contributed by atoms with Crippen molar-refractivity contribution in [3.8, 4) is 6.07 Å². The Labute approximate surface area is 92.3 Å². The van der Waals surface area contributed by atoms with Crippen LogP contribution < -0.4 is 0 Å². The zero-order chi connectivity index (χ0) is 10.6. The summed E-state index contributed by atoms with van der Waals surface area (Å²) < 4.78 is -0.0718. The van der Waals surface area contributed by atoms with Gasteiger partial charge in [0.25, 0.3) is 0 Å². The van der Waals surface area contributed by atoms with Crippen LogP contribution in [0.2, 0.25) is 0 Å². The summed E-state index contributed by atoms with van der Waals surface area (Å²) in [7, 11) is 0. The predicted octanol–water partition coefficient (Wildman–Crippen LogP) is 3.41. The molecule has 2 aliphatic rings. The van der Waals surface area contributed by atoms with E-state index < -0.39 is 0 Å². The molecule has 2 bridgehead atoms. The maximum atomic E-state index is 8.97. The highest BCUT2D eigenvalue weighted by molar-refractivity contribution is 7.82. The van der Waals surface area contributed by atoms with Gasteiger partial charge in [0.05, 0.1) is 12.5 Å². The molecule has 2 saturated carbocycles. The fraction of sp³-hybridized carbons (Fsp3) is 0.917. The Kier molecular flexibility index (Phi) is 2.00. The molecule has 0 amide bonds. The van der Waals surface area contributed by atoms with Gasteiger partial charge in [-0.1, -0.05) is 20.8 Å². The van der Waals surface area contributed by atoms with Gasteiger partial charge in [0.15, 0.2) is 0 Å². The first-order valence-electron chi connectivity index (χ1n) is 5.47. The molecule has 2 heteroatoms. The quantitative estimate of drug-likeness (QED) is 0.657. The molecular formula is C12H19NS. The predicted molar refractivity (Wildman–Crippen MR) is 61.2 cm³/mol. The van der Waals surface area contributed by atoms with Gasteiger partial charge in [0.1, 0.15) is 0 Å². The van der Waals surface area contributed by atoms with Crippen molar-refractivity contribution in [1.29, 1.82) is 5.26 Å². The minimum atomic E-state index is -0.0718. The second kappa shape index (κ2) is 2.70. The number of rotatable bonds is 1. The van der Waals surface area contributed by atoms with Crippen LogP contribution >= 0.6 is 12.6 Å². The third-order valence-electron chi connectivity index (χ3n) is 5.16. The molecule has 0 aromatic rings. The lowest BCUT2D eigenvalue weighted by Gasteiger charge is -2.50. The molecule has 1 nitrogen and oxygen atoms in total. The van der Waals surface area contributed by atoms with E-state index >= 15 is 0 Å². The first-order chi connectivity index (χ1) is 6.37. The SMILES string of the molecule is CC12CCC(C1)C(C)(C)C2(S)CC#N. The van der Waals surface area contributed by atoms with Gasteiger partial charge < -0.3 is 0 Å². The number of nitriles is 1. The molecule has 2 aliphatic carbocycles. The molecule has 0 aromatic carbocycles. The third-order valence-corrected chi connectivity index (χ3v) is 6.44. The molecule has 0 heterocycles. The Bertz CT molecular complexity index is 297. The molecule has 0 radical (unpaired) electrons. The Hall–Kier alpha value is -0.160. The van der Waals surface area contributed by atoms with Crippen LogP contribution in [0.1, 0.15) is 46.5 Å². The highest BCUT2D eigenvalue weighted by atomic mass is 32.1. The van der Waals surface area contributed by atoms with Gasteiger partial charge in [-0.15, -0.1) is 0 Å². The highest BCUT2D eigenvalue weighted by Gasteiger charge is 2.66. The number of hydrogen-bond acceptors (Lipinski definition) is 2. The first-order valence-corrected chi connectivity index (χ1v) is 5.91. The highest BCUT2D eigenvalue weighted by Crippen LogP contribution is 2.71. The molecule has 3 unspecified atom stereocenters. The minimum absolute atomic E-state index is 0.0718. The topological polar surface area (TPSA) is 23.8 Å². The van der Waals surface area contributed by atoms with Gasteiger partial charge >= 0.3 is 0 Å². The Morgan fingerprint density at radius 2 is 2.07 bits per heavy atom. The van der Waals surface area contributed by atoms with Crippen LogP contribution in [0.25, 0.3) is 0 Å². The van der Waals surface area contributed by atoms with Crippen molar-refractivity contribution in [2.24, 2.45) is 16.7 Å². The molecule has 0 aliphatic heterocycles. The van der Waals surface area contributed by atoms with Gasteiger partial charge in [-0.3, -0.25) is 0 Å². The van der Waals surface area contributed by atoms with E-state index in [4.69, 9.17) is 17.9 Å². The summed E-state index contributed by atoms with van der Waals surface area (Å²) >= 11 is 4.91. The summed E-state index contributed by atoms with van der Waals surface area (Å²) in [5.41, 5.74) is 0.513. The summed E-state index contributed by atoms with van der Waals surface area (Å²) in [6, 6.07) is 2.34. The summed E-state index contributed by atoms with van der Waals surface area (Å²) in [6.07, 6.45) is 4.45. The Morgan fingerprint density at radius 1 is 1.43 bits per heavy atom. The molecule has 2 fully saturated rings. The van der Waals surface area contributed by atoms with Crippen molar-refractivity contribution >= 4 is 12.6 Å². The fourth-order valence-electron chi connectivity index (χ4n) is 3.90. The first kappa shape index (κ1) is 10.4. The van der Waals surface area contributed by atoms with Crippen LogP contribution in [0.5, 0.6) is 0 Å². The molecule has 0 N–H and O–H groups in total. The second-order valence-corrected chi connectivity index (χ2v) is 6.68. The van der Waals surface area contributed by atoms with Crippen molar-refractivity contribution < 1.29 is 0 Å². The summed E-state index contributed by atoms with van der Waals surface area (Å²) in [5, 5.41) is 8.97. The summed E-state index contributed by atoms with van der Waals surface area (Å²) in [5.74, 6) is 0.776. The molecule has 0 spiro atoms. The molecule has 0 saturated heterocycles. The average Bonchev–Trinajstić information content (AvgIpc) is 2.53.